The van der Waals surface area contributed by atoms with Gasteiger partial charge in [0.15, 0.2) is 0 Å². The lowest BCUT2D eigenvalue weighted by atomic mass is 9.97. The summed E-state index contributed by atoms with van der Waals surface area (Å²) in [5.74, 6) is 0. The van der Waals surface area contributed by atoms with Gasteiger partial charge in [-0.05, 0) is 39.7 Å². The zero-order valence-corrected chi connectivity index (χ0v) is 13.7. The summed E-state index contributed by atoms with van der Waals surface area (Å²) in [6, 6.07) is 2.92. The lowest BCUT2D eigenvalue weighted by Crippen LogP contribution is -2.61. The van der Waals surface area contributed by atoms with E-state index in [1.54, 1.807) is 0 Å². The highest BCUT2D eigenvalue weighted by molar-refractivity contribution is 5.11. The maximum absolute atomic E-state index is 4.67. The third kappa shape index (κ3) is 3.41. The van der Waals surface area contributed by atoms with Crippen molar-refractivity contribution in [3.63, 3.8) is 0 Å². The van der Waals surface area contributed by atoms with Crippen molar-refractivity contribution in [2.45, 2.75) is 72.1 Å². The van der Waals surface area contributed by atoms with E-state index < -0.39 is 0 Å². The zero-order valence-electron chi connectivity index (χ0n) is 13.7. The van der Waals surface area contributed by atoms with Crippen molar-refractivity contribution in [3.05, 3.63) is 17.5 Å². The molecule has 114 valence electrons. The molecule has 1 aliphatic rings. The number of aromatic nitrogens is 2. The largest absolute Gasteiger partial charge is 0.309 e. The van der Waals surface area contributed by atoms with Crippen LogP contribution >= 0.6 is 0 Å². The maximum Gasteiger partial charge on any atom is 0.0625 e. The quantitative estimate of drug-likeness (QED) is 0.898. The van der Waals surface area contributed by atoms with E-state index in [0.717, 1.165) is 32.6 Å². The van der Waals surface area contributed by atoms with Gasteiger partial charge >= 0.3 is 0 Å². The van der Waals surface area contributed by atoms with Gasteiger partial charge in [-0.3, -0.25) is 9.58 Å². The minimum Gasteiger partial charge on any atom is -0.309 e. The van der Waals surface area contributed by atoms with E-state index in [-0.39, 0.29) is 5.54 Å². The summed E-state index contributed by atoms with van der Waals surface area (Å²) in [6.07, 6.45) is 2.22. The maximum atomic E-state index is 4.67. The van der Waals surface area contributed by atoms with Gasteiger partial charge in [0.05, 0.1) is 11.4 Å². The van der Waals surface area contributed by atoms with Gasteiger partial charge in [-0.1, -0.05) is 13.8 Å². The minimum atomic E-state index is 0.205. The van der Waals surface area contributed by atoms with Crippen LogP contribution in [0.5, 0.6) is 0 Å². The van der Waals surface area contributed by atoms with E-state index in [0.29, 0.717) is 6.04 Å². The molecule has 1 aromatic heterocycles. The van der Waals surface area contributed by atoms with Gasteiger partial charge in [0.25, 0.3) is 0 Å². The van der Waals surface area contributed by atoms with Crippen LogP contribution in [0.3, 0.4) is 0 Å². The van der Waals surface area contributed by atoms with Crippen molar-refractivity contribution in [3.8, 4) is 0 Å². The molecule has 0 saturated carbocycles. The van der Waals surface area contributed by atoms with Crippen molar-refractivity contribution >= 4 is 0 Å². The second-order valence-corrected chi connectivity index (χ2v) is 6.53. The van der Waals surface area contributed by atoms with Crippen molar-refractivity contribution in [1.29, 1.82) is 0 Å². The van der Waals surface area contributed by atoms with Crippen LogP contribution in [0, 0.1) is 0 Å². The molecule has 1 aromatic rings. The molecule has 1 atom stereocenters. The number of aryl methyl sites for hydroxylation is 2. The van der Waals surface area contributed by atoms with Crippen molar-refractivity contribution < 1.29 is 0 Å². The average Bonchev–Trinajstić information content (AvgIpc) is 2.80. The van der Waals surface area contributed by atoms with Gasteiger partial charge in [-0.25, -0.2) is 0 Å². The second kappa shape index (κ2) is 6.27. The standard InChI is InChI=1S/C16H30N4/c1-6-13-9-15(20(8-3)18-13)11-19-12-16(4,5)17-10-14(19)7-2/h9,14,17H,6-8,10-12H2,1-5H3. The number of nitrogens with one attached hydrogen (secondary N) is 1. The Morgan fingerprint density at radius 2 is 2.10 bits per heavy atom. The third-order valence-corrected chi connectivity index (χ3v) is 4.34. The van der Waals surface area contributed by atoms with Gasteiger partial charge in [-0.2, -0.15) is 5.10 Å². The molecule has 0 bridgehead atoms. The molecular formula is C16H30N4. The van der Waals surface area contributed by atoms with E-state index in [9.17, 15) is 0 Å². The molecule has 0 radical (unpaired) electrons. The third-order valence-electron chi connectivity index (χ3n) is 4.34. The molecule has 1 aliphatic heterocycles. The summed E-state index contributed by atoms with van der Waals surface area (Å²) < 4.78 is 2.17. The predicted octanol–water partition coefficient (Wildman–Crippen LogP) is 2.43. The molecule has 4 nitrogen and oxygen atoms in total. The first-order valence-corrected chi connectivity index (χ1v) is 8.03. The SMILES string of the molecule is CCc1cc(CN2CC(C)(C)NCC2CC)n(CC)n1. The molecule has 20 heavy (non-hydrogen) atoms. The summed E-state index contributed by atoms with van der Waals surface area (Å²) in [7, 11) is 0. The highest BCUT2D eigenvalue weighted by Crippen LogP contribution is 2.20. The molecule has 2 rings (SSSR count). The van der Waals surface area contributed by atoms with Crippen LogP contribution in [0.2, 0.25) is 0 Å². The molecule has 1 N–H and O–H groups in total. The summed E-state index contributed by atoms with van der Waals surface area (Å²) in [5, 5.41) is 8.33. The number of nitrogens with zero attached hydrogens (tertiary/aromatic N) is 3. The fourth-order valence-electron chi connectivity index (χ4n) is 3.10. The fourth-order valence-corrected chi connectivity index (χ4v) is 3.10. The van der Waals surface area contributed by atoms with Crippen LogP contribution in [0.15, 0.2) is 6.07 Å². The fraction of sp³-hybridized carbons (Fsp3) is 0.812. The first-order chi connectivity index (χ1) is 9.49. The summed E-state index contributed by atoms with van der Waals surface area (Å²) in [5.41, 5.74) is 2.78. The van der Waals surface area contributed by atoms with Gasteiger partial charge in [-0.15, -0.1) is 0 Å². The lowest BCUT2D eigenvalue weighted by molar-refractivity contribution is 0.0833. The molecule has 1 unspecified atom stereocenters. The van der Waals surface area contributed by atoms with Gasteiger partial charge in [0, 0.05) is 37.8 Å². The monoisotopic (exact) mass is 278 g/mol. The smallest absolute Gasteiger partial charge is 0.0625 e. The van der Waals surface area contributed by atoms with E-state index in [1.807, 2.05) is 0 Å². The lowest BCUT2D eigenvalue weighted by Gasteiger charge is -2.44. The molecule has 1 saturated heterocycles. The molecule has 0 amide bonds. The van der Waals surface area contributed by atoms with E-state index >= 15 is 0 Å². The van der Waals surface area contributed by atoms with E-state index in [1.165, 1.54) is 17.8 Å². The van der Waals surface area contributed by atoms with Crippen molar-refractivity contribution in [2.75, 3.05) is 13.1 Å². The Hall–Kier alpha value is -0.870. The Labute approximate surface area is 123 Å². The molecule has 0 aromatic carbocycles. The van der Waals surface area contributed by atoms with Crippen LogP contribution in [0.4, 0.5) is 0 Å². The van der Waals surface area contributed by atoms with Crippen molar-refractivity contribution in [1.82, 2.24) is 20.0 Å². The predicted molar refractivity (Wildman–Crippen MR) is 83.8 cm³/mol. The van der Waals surface area contributed by atoms with Crippen molar-refractivity contribution in [2.24, 2.45) is 0 Å². The number of rotatable bonds is 5. The Kier molecular flexibility index (Phi) is 4.86. The molecular weight excluding hydrogens is 248 g/mol. The Balaban J connectivity index is 2.15. The van der Waals surface area contributed by atoms with Crippen LogP contribution in [0.25, 0.3) is 0 Å². The Bertz CT molecular complexity index is 436. The van der Waals surface area contributed by atoms with Crippen LogP contribution in [-0.2, 0) is 19.5 Å². The second-order valence-electron chi connectivity index (χ2n) is 6.53. The van der Waals surface area contributed by atoms with Gasteiger partial charge in [0.1, 0.15) is 0 Å². The van der Waals surface area contributed by atoms with Crippen LogP contribution < -0.4 is 5.32 Å². The zero-order chi connectivity index (χ0) is 14.8. The first kappa shape index (κ1) is 15.5. The van der Waals surface area contributed by atoms with Gasteiger partial charge < -0.3 is 5.32 Å². The molecule has 4 heteroatoms. The minimum absolute atomic E-state index is 0.205. The molecule has 0 aliphatic carbocycles. The Morgan fingerprint density at radius 1 is 1.35 bits per heavy atom. The normalized spacial score (nSPS) is 23.1. The molecule has 0 spiro atoms. The highest BCUT2D eigenvalue weighted by atomic mass is 15.3. The number of piperazine rings is 1. The summed E-state index contributed by atoms with van der Waals surface area (Å²) in [6.45, 7) is 15.4. The first-order valence-electron chi connectivity index (χ1n) is 8.03. The Morgan fingerprint density at radius 3 is 2.70 bits per heavy atom. The molecule has 2 heterocycles. The highest BCUT2D eigenvalue weighted by Gasteiger charge is 2.31. The van der Waals surface area contributed by atoms with E-state index in [2.05, 4.69) is 60.7 Å². The summed E-state index contributed by atoms with van der Waals surface area (Å²) >= 11 is 0. The van der Waals surface area contributed by atoms with Crippen LogP contribution in [-0.4, -0.2) is 39.4 Å². The average molecular weight is 278 g/mol. The van der Waals surface area contributed by atoms with E-state index in [4.69, 9.17) is 0 Å². The number of hydrogen-bond acceptors (Lipinski definition) is 3. The number of hydrogen-bond donors (Lipinski definition) is 1. The van der Waals surface area contributed by atoms with Crippen LogP contribution in [0.1, 0.15) is 52.4 Å². The summed E-state index contributed by atoms with van der Waals surface area (Å²) in [4.78, 5) is 2.62. The molecule has 1 fully saturated rings. The topological polar surface area (TPSA) is 33.1 Å². The van der Waals surface area contributed by atoms with Gasteiger partial charge in [0.2, 0.25) is 0 Å².